The number of sulfonamides is 1. The number of benzene rings is 2. The van der Waals surface area contributed by atoms with Crippen molar-refractivity contribution in [3.63, 3.8) is 0 Å². The van der Waals surface area contributed by atoms with E-state index in [0.29, 0.717) is 11.7 Å². The first-order valence-electron chi connectivity index (χ1n) is 8.90. The number of fused-ring (bicyclic) bond motifs is 1. The number of nitrogens with one attached hydrogen (secondary N) is 2. The Labute approximate surface area is 174 Å². The Morgan fingerprint density at radius 3 is 2.41 bits per heavy atom. The van der Waals surface area contributed by atoms with Gasteiger partial charge in [-0.15, -0.1) is 25.6 Å². The quantitative estimate of drug-likeness (QED) is 0.689. The summed E-state index contributed by atoms with van der Waals surface area (Å²) in [4.78, 5) is -0.146. The largest absolute Gasteiger partial charge is 0.573 e. The maximum Gasteiger partial charge on any atom is 0.573 e. The molecule has 2 N–H and O–H groups in total. The summed E-state index contributed by atoms with van der Waals surface area (Å²) in [5, 5.41) is 3.43. The number of rotatable bonds is 6. The molecule has 0 aromatic heterocycles. The van der Waals surface area contributed by atoms with Crippen LogP contribution < -0.4 is 14.8 Å². The van der Waals surface area contributed by atoms with Crippen LogP contribution in [0.2, 0.25) is 0 Å². The minimum absolute atomic E-state index is 0. The number of hydrogen-bond acceptors (Lipinski definition) is 4. The number of aryl methyl sites for hydroxylation is 1. The van der Waals surface area contributed by atoms with Crippen molar-refractivity contribution in [3.05, 3.63) is 53.6 Å². The Morgan fingerprint density at radius 2 is 1.79 bits per heavy atom. The van der Waals surface area contributed by atoms with Gasteiger partial charge in [0.25, 0.3) is 10.0 Å². The van der Waals surface area contributed by atoms with E-state index in [2.05, 4.69) is 21.7 Å². The first-order valence-corrected chi connectivity index (χ1v) is 10.4. The van der Waals surface area contributed by atoms with Crippen molar-refractivity contribution < 1.29 is 26.3 Å². The number of halogens is 4. The summed E-state index contributed by atoms with van der Waals surface area (Å²) in [5.41, 5.74) is 2.72. The molecule has 0 bridgehead atoms. The van der Waals surface area contributed by atoms with Gasteiger partial charge < -0.3 is 10.1 Å². The second-order valence-corrected chi connectivity index (χ2v) is 8.29. The van der Waals surface area contributed by atoms with Crippen LogP contribution >= 0.6 is 12.4 Å². The molecular weight excluding hydrogens is 429 g/mol. The van der Waals surface area contributed by atoms with Crippen molar-refractivity contribution in [3.8, 4) is 5.75 Å². The number of anilines is 1. The van der Waals surface area contributed by atoms with Gasteiger partial charge in [-0.25, -0.2) is 8.42 Å². The molecule has 0 heterocycles. The maximum atomic E-state index is 12.5. The lowest BCUT2D eigenvalue weighted by Crippen LogP contribution is -2.34. The van der Waals surface area contributed by atoms with Gasteiger partial charge in [-0.1, -0.05) is 13.0 Å². The highest BCUT2D eigenvalue weighted by Gasteiger charge is 2.31. The number of ether oxygens (including phenoxy) is 1. The van der Waals surface area contributed by atoms with Gasteiger partial charge in [0.2, 0.25) is 0 Å². The minimum atomic E-state index is -4.83. The molecule has 1 aliphatic rings. The van der Waals surface area contributed by atoms with Crippen LogP contribution in [0.15, 0.2) is 47.4 Å². The average Bonchev–Trinajstić information content (AvgIpc) is 2.61. The highest BCUT2D eigenvalue weighted by Crippen LogP contribution is 2.27. The molecule has 0 spiro atoms. The van der Waals surface area contributed by atoms with E-state index < -0.39 is 22.1 Å². The van der Waals surface area contributed by atoms with Gasteiger partial charge in [-0.05, 0) is 73.3 Å². The summed E-state index contributed by atoms with van der Waals surface area (Å²) in [6.45, 7) is 2.97. The monoisotopic (exact) mass is 450 g/mol. The molecule has 2 aromatic rings. The van der Waals surface area contributed by atoms with Crippen molar-refractivity contribution in [1.82, 2.24) is 5.32 Å². The van der Waals surface area contributed by atoms with E-state index in [4.69, 9.17) is 0 Å². The van der Waals surface area contributed by atoms with Crippen molar-refractivity contribution in [1.29, 1.82) is 0 Å². The Morgan fingerprint density at radius 1 is 1.10 bits per heavy atom. The summed E-state index contributed by atoms with van der Waals surface area (Å²) in [6, 6.07) is 9.94. The van der Waals surface area contributed by atoms with E-state index in [-0.39, 0.29) is 17.3 Å². The van der Waals surface area contributed by atoms with E-state index in [0.717, 1.165) is 55.6 Å². The van der Waals surface area contributed by atoms with Gasteiger partial charge in [0.15, 0.2) is 0 Å². The number of hydrogen-bond donors (Lipinski definition) is 2. The molecule has 160 valence electrons. The molecule has 0 saturated carbocycles. The van der Waals surface area contributed by atoms with E-state index in [9.17, 15) is 21.6 Å². The third-order valence-corrected chi connectivity index (χ3v) is 5.94. The van der Waals surface area contributed by atoms with Crippen LogP contribution in [-0.4, -0.2) is 27.4 Å². The van der Waals surface area contributed by atoms with Crippen molar-refractivity contribution in [2.45, 2.75) is 43.5 Å². The van der Waals surface area contributed by atoms with Gasteiger partial charge in [0.05, 0.1) is 4.90 Å². The lowest BCUT2D eigenvalue weighted by Gasteiger charge is -2.25. The highest BCUT2D eigenvalue weighted by atomic mass is 35.5. The predicted molar refractivity (Wildman–Crippen MR) is 107 cm³/mol. The molecule has 0 unspecified atom stereocenters. The molecule has 1 atom stereocenters. The zero-order valence-corrected chi connectivity index (χ0v) is 17.3. The van der Waals surface area contributed by atoms with Crippen LogP contribution in [0.5, 0.6) is 5.75 Å². The lowest BCUT2D eigenvalue weighted by molar-refractivity contribution is -0.274. The summed E-state index contributed by atoms with van der Waals surface area (Å²) < 4.78 is 67.9. The van der Waals surface area contributed by atoms with Crippen LogP contribution in [0.3, 0.4) is 0 Å². The SMILES string of the molecule is CCN[C@H]1CCc2cc(NS(=O)(=O)c3ccc(OC(F)(F)F)cc3)ccc2C1.Cl. The molecule has 10 heteroatoms. The normalized spacial score (nSPS) is 16.5. The fraction of sp³-hybridized carbons (Fsp3) is 0.368. The topological polar surface area (TPSA) is 67.4 Å². The van der Waals surface area contributed by atoms with Gasteiger partial charge >= 0.3 is 6.36 Å². The molecular formula is C19H22ClF3N2O3S. The first kappa shape index (κ1) is 23.3. The molecule has 1 aliphatic carbocycles. The molecule has 3 rings (SSSR count). The lowest BCUT2D eigenvalue weighted by atomic mass is 9.88. The fourth-order valence-electron chi connectivity index (χ4n) is 3.32. The van der Waals surface area contributed by atoms with E-state index >= 15 is 0 Å². The van der Waals surface area contributed by atoms with Crippen molar-refractivity contribution >= 4 is 28.1 Å². The van der Waals surface area contributed by atoms with E-state index in [1.54, 1.807) is 6.07 Å². The van der Waals surface area contributed by atoms with Crippen LogP contribution in [0, 0.1) is 0 Å². The second-order valence-electron chi connectivity index (χ2n) is 6.61. The summed E-state index contributed by atoms with van der Waals surface area (Å²) in [5.74, 6) is -0.476. The third-order valence-electron chi connectivity index (χ3n) is 4.55. The molecule has 0 aliphatic heterocycles. The Hall–Kier alpha value is -1.97. The van der Waals surface area contributed by atoms with Crippen molar-refractivity contribution in [2.75, 3.05) is 11.3 Å². The van der Waals surface area contributed by atoms with Gasteiger partial charge in [0, 0.05) is 11.7 Å². The zero-order chi connectivity index (χ0) is 20.4. The summed E-state index contributed by atoms with van der Waals surface area (Å²) >= 11 is 0. The Kier molecular flexibility index (Phi) is 7.42. The molecule has 5 nitrogen and oxygen atoms in total. The van der Waals surface area contributed by atoms with Gasteiger partial charge in [0.1, 0.15) is 5.75 Å². The Bertz CT molecular complexity index is 935. The number of likely N-dealkylation sites (N-methyl/N-ethyl adjacent to an activating group) is 1. The van der Waals surface area contributed by atoms with Gasteiger partial charge in [-0.2, -0.15) is 0 Å². The maximum absolute atomic E-state index is 12.5. The molecule has 0 amide bonds. The molecule has 0 radical (unpaired) electrons. The van der Waals surface area contributed by atoms with Crippen LogP contribution in [0.4, 0.5) is 18.9 Å². The summed E-state index contributed by atoms with van der Waals surface area (Å²) in [6.07, 6.45) is -2.09. The highest BCUT2D eigenvalue weighted by molar-refractivity contribution is 7.92. The second kappa shape index (κ2) is 9.23. The first-order chi connectivity index (χ1) is 13.2. The molecule has 2 aromatic carbocycles. The van der Waals surface area contributed by atoms with Gasteiger partial charge in [-0.3, -0.25) is 4.72 Å². The smallest absolute Gasteiger partial charge is 0.406 e. The minimum Gasteiger partial charge on any atom is -0.406 e. The predicted octanol–water partition coefficient (Wildman–Crippen LogP) is 4.27. The third kappa shape index (κ3) is 6.25. The molecule has 0 saturated heterocycles. The molecule has 29 heavy (non-hydrogen) atoms. The molecule has 0 fully saturated rings. The van der Waals surface area contributed by atoms with E-state index in [1.165, 1.54) is 5.56 Å². The summed E-state index contributed by atoms with van der Waals surface area (Å²) in [7, 11) is -3.92. The zero-order valence-electron chi connectivity index (χ0n) is 15.6. The van der Waals surface area contributed by atoms with Crippen LogP contribution in [-0.2, 0) is 22.9 Å². The Balaban J connectivity index is 0.00000300. The fourth-order valence-corrected chi connectivity index (χ4v) is 4.37. The number of alkyl halides is 3. The van der Waals surface area contributed by atoms with E-state index in [1.807, 2.05) is 12.1 Å². The average molecular weight is 451 g/mol. The van der Waals surface area contributed by atoms with Crippen LogP contribution in [0.1, 0.15) is 24.5 Å². The van der Waals surface area contributed by atoms with Crippen molar-refractivity contribution in [2.24, 2.45) is 0 Å². The standard InChI is InChI=1S/C19H21F3N2O3S.ClH/c1-2-23-15-5-3-14-12-16(6-4-13(14)11-15)24-28(25,26)18-9-7-17(8-10-18)27-19(20,21)22;/h4,6-10,12,15,23-24H,2-3,5,11H2,1H3;1H/t15-;/m0./s1. The van der Waals surface area contributed by atoms with Crippen LogP contribution in [0.25, 0.3) is 0 Å².